The molecule has 2 rings (SSSR count). The highest BCUT2D eigenvalue weighted by Crippen LogP contribution is 2.42. The molecule has 1 atom stereocenters. The molecule has 2 heterocycles. The van der Waals surface area contributed by atoms with Gasteiger partial charge in [0.2, 0.25) is 5.43 Å². The van der Waals surface area contributed by atoms with Gasteiger partial charge in [0, 0.05) is 18.4 Å². The Morgan fingerprint density at radius 3 is 2.53 bits per heavy atom. The summed E-state index contributed by atoms with van der Waals surface area (Å²) < 4.78 is 7.04. The summed E-state index contributed by atoms with van der Waals surface area (Å²) in [6, 6.07) is 1.70. The molecular formula is C22H33ClN2O4Si. The van der Waals surface area contributed by atoms with Gasteiger partial charge in [-0.15, -0.1) is 0 Å². The van der Waals surface area contributed by atoms with Gasteiger partial charge in [0.15, 0.2) is 8.32 Å². The van der Waals surface area contributed by atoms with Crippen molar-refractivity contribution >= 4 is 36.9 Å². The zero-order chi connectivity index (χ0) is 22.9. The average Bonchev–Trinajstić information content (AvgIpc) is 2.62. The molecule has 0 aliphatic rings. The summed E-state index contributed by atoms with van der Waals surface area (Å²) in [5.41, 5.74) is 0.313. The molecule has 2 aromatic heterocycles. The second kappa shape index (κ2) is 9.20. The number of esters is 1. The second-order valence-electron chi connectivity index (χ2n) is 9.31. The monoisotopic (exact) mass is 452 g/mol. The number of hydrogen-bond donors (Lipinski definition) is 1. The number of carbonyl (C=O) groups excluding carboxylic acids is 1. The highest BCUT2D eigenvalue weighted by atomic mass is 35.5. The van der Waals surface area contributed by atoms with Gasteiger partial charge in [0.05, 0.1) is 17.1 Å². The molecule has 0 aliphatic heterocycles. The van der Waals surface area contributed by atoms with E-state index in [9.17, 15) is 14.4 Å². The lowest BCUT2D eigenvalue weighted by atomic mass is 9.94. The van der Waals surface area contributed by atoms with E-state index in [1.165, 1.54) is 6.20 Å². The van der Waals surface area contributed by atoms with E-state index in [-0.39, 0.29) is 34.7 Å². The van der Waals surface area contributed by atoms with Crippen LogP contribution in [0.5, 0.6) is 0 Å². The number of pyridine rings is 2. The number of carbonyl (C=O) groups is 1. The molecule has 0 saturated carbocycles. The van der Waals surface area contributed by atoms with Crippen LogP contribution in [0.15, 0.2) is 23.3 Å². The molecule has 0 saturated heterocycles. The van der Waals surface area contributed by atoms with Crippen LogP contribution in [0.25, 0.3) is 11.0 Å². The number of rotatable bonds is 8. The average molecular weight is 453 g/mol. The SMILES string of the molecule is CCOC(=O)c1cn([C@H](CCC(C)(C)[Si](C)(C)O)C(C)C)c2cc(Cl)cnc2c1=O. The predicted octanol–water partition coefficient (Wildman–Crippen LogP) is 5.18. The van der Waals surface area contributed by atoms with Crippen molar-refractivity contribution in [2.45, 2.75) is 71.6 Å². The van der Waals surface area contributed by atoms with E-state index >= 15 is 0 Å². The molecule has 0 aliphatic carbocycles. The minimum atomic E-state index is -2.37. The zero-order valence-electron chi connectivity index (χ0n) is 19.0. The van der Waals surface area contributed by atoms with Gasteiger partial charge in [0.1, 0.15) is 11.1 Å². The first-order chi connectivity index (χ1) is 13.8. The fourth-order valence-corrected chi connectivity index (χ4v) is 4.34. The van der Waals surface area contributed by atoms with Crippen LogP contribution in [0.4, 0.5) is 0 Å². The summed E-state index contributed by atoms with van der Waals surface area (Å²) >= 11 is 6.19. The Labute approximate surface area is 184 Å². The van der Waals surface area contributed by atoms with Gasteiger partial charge in [-0.25, -0.2) is 9.78 Å². The largest absolute Gasteiger partial charge is 0.462 e. The van der Waals surface area contributed by atoms with E-state index in [0.717, 1.165) is 12.8 Å². The number of fused-ring (bicyclic) bond motifs is 1. The highest BCUT2D eigenvalue weighted by Gasteiger charge is 2.38. The quantitative estimate of drug-likeness (QED) is 0.440. The maximum Gasteiger partial charge on any atom is 0.343 e. The Kier molecular flexibility index (Phi) is 7.53. The lowest BCUT2D eigenvalue weighted by molar-refractivity contribution is 0.0523. The van der Waals surface area contributed by atoms with Crippen LogP contribution < -0.4 is 5.43 Å². The molecule has 0 fully saturated rings. The summed E-state index contributed by atoms with van der Waals surface area (Å²) in [6.07, 6.45) is 4.58. The molecule has 0 spiro atoms. The van der Waals surface area contributed by atoms with Gasteiger partial charge in [-0.2, -0.15) is 0 Å². The summed E-state index contributed by atoms with van der Waals surface area (Å²) in [5.74, 6) is -0.439. The molecule has 30 heavy (non-hydrogen) atoms. The normalized spacial score (nSPS) is 13.7. The minimum Gasteiger partial charge on any atom is -0.462 e. The standard InChI is InChI=1S/C22H33ClN2O4Si/c1-8-29-21(27)16-13-25(18-11-15(23)12-24-19(18)20(16)26)17(14(2)3)9-10-22(4,5)30(6,7)28/h11-14,17,28H,8-10H2,1-7H3/t17-/m1/s1. The Morgan fingerprint density at radius 2 is 2.00 bits per heavy atom. The summed E-state index contributed by atoms with van der Waals surface area (Å²) in [6.45, 7) is 14.2. The number of nitrogens with zero attached hydrogens (tertiary/aromatic N) is 2. The first kappa shape index (κ1) is 24.6. The second-order valence-corrected chi connectivity index (χ2v) is 14.2. The molecule has 0 amide bonds. The predicted molar refractivity (Wildman–Crippen MR) is 124 cm³/mol. The van der Waals surface area contributed by atoms with Crippen molar-refractivity contribution in [2.75, 3.05) is 6.61 Å². The highest BCUT2D eigenvalue weighted by molar-refractivity contribution is 6.72. The van der Waals surface area contributed by atoms with Crippen molar-refractivity contribution in [1.82, 2.24) is 9.55 Å². The molecule has 6 nitrogen and oxygen atoms in total. The van der Waals surface area contributed by atoms with Crippen molar-refractivity contribution in [3.05, 3.63) is 39.3 Å². The smallest absolute Gasteiger partial charge is 0.343 e. The molecule has 8 heteroatoms. The number of hydrogen-bond acceptors (Lipinski definition) is 5. The van der Waals surface area contributed by atoms with Crippen LogP contribution in [0.3, 0.4) is 0 Å². The first-order valence-corrected chi connectivity index (χ1v) is 13.7. The van der Waals surface area contributed by atoms with Crippen LogP contribution >= 0.6 is 11.6 Å². The first-order valence-electron chi connectivity index (χ1n) is 10.4. The summed E-state index contributed by atoms with van der Waals surface area (Å²) in [7, 11) is -2.37. The van der Waals surface area contributed by atoms with Crippen molar-refractivity contribution in [3.63, 3.8) is 0 Å². The van der Waals surface area contributed by atoms with E-state index in [2.05, 4.69) is 32.7 Å². The van der Waals surface area contributed by atoms with Gasteiger partial charge in [-0.3, -0.25) is 4.79 Å². The molecule has 1 N–H and O–H groups in total. The summed E-state index contributed by atoms with van der Waals surface area (Å²) in [5, 5.41) is 0.237. The molecule has 0 bridgehead atoms. The number of halogens is 1. The van der Waals surface area contributed by atoms with E-state index < -0.39 is 19.7 Å². The van der Waals surface area contributed by atoms with Crippen molar-refractivity contribution in [2.24, 2.45) is 5.92 Å². The Bertz CT molecular complexity index is 979. The van der Waals surface area contributed by atoms with Crippen LogP contribution in [0, 0.1) is 5.92 Å². The Balaban J connectivity index is 2.65. The lowest BCUT2D eigenvalue weighted by Crippen LogP contribution is -2.39. The van der Waals surface area contributed by atoms with E-state index in [4.69, 9.17) is 16.3 Å². The van der Waals surface area contributed by atoms with Crippen LogP contribution in [-0.2, 0) is 4.74 Å². The minimum absolute atomic E-state index is 0.0165. The molecule has 2 aromatic rings. The van der Waals surface area contributed by atoms with Crippen molar-refractivity contribution in [3.8, 4) is 0 Å². The van der Waals surface area contributed by atoms with Crippen molar-refractivity contribution in [1.29, 1.82) is 0 Å². The van der Waals surface area contributed by atoms with E-state index in [1.807, 2.05) is 17.7 Å². The maximum absolute atomic E-state index is 12.9. The summed E-state index contributed by atoms with van der Waals surface area (Å²) in [4.78, 5) is 40.3. The topological polar surface area (TPSA) is 81.4 Å². The van der Waals surface area contributed by atoms with E-state index in [0.29, 0.717) is 10.5 Å². The fraction of sp³-hybridized carbons (Fsp3) is 0.591. The van der Waals surface area contributed by atoms with Crippen LogP contribution in [0.2, 0.25) is 23.2 Å². The molecule has 0 radical (unpaired) electrons. The molecular weight excluding hydrogens is 420 g/mol. The third-order valence-electron chi connectivity index (χ3n) is 6.18. The number of aromatic nitrogens is 2. The van der Waals surface area contributed by atoms with Gasteiger partial charge in [-0.1, -0.05) is 39.3 Å². The fourth-order valence-electron chi connectivity index (χ4n) is 3.43. The zero-order valence-corrected chi connectivity index (χ0v) is 20.7. The molecule has 0 unspecified atom stereocenters. The number of ether oxygens (including phenoxy) is 1. The Hall–Kier alpha value is -1.70. The van der Waals surface area contributed by atoms with Crippen LogP contribution in [-0.4, -0.2) is 35.2 Å². The van der Waals surface area contributed by atoms with E-state index in [1.54, 1.807) is 19.2 Å². The molecule has 166 valence electrons. The van der Waals surface area contributed by atoms with Gasteiger partial charge in [-0.05, 0) is 49.9 Å². The Morgan fingerprint density at radius 1 is 1.37 bits per heavy atom. The van der Waals surface area contributed by atoms with Crippen molar-refractivity contribution < 1.29 is 14.3 Å². The van der Waals surface area contributed by atoms with Gasteiger partial charge >= 0.3 is 5.97 Å². The van der Waals surface area contributed by atoms with Gasteiger partial charge < -0.3 is 14.1 Å². The molecule has 0 aromatic carbocycles. The van der Waals surface area contributed by atoms with Crippen LogP contribution in [0.1, 0.15) is 63.9 Å². The van der Waals surface area contributed by atoms with Gasteiger partial charge in [0.25, 0.3) is 0 Å². The lowest BCUT2D eigenvalue weighted by Gasteiger charge is -2.37. The maximum atomic E-state index is 12.9. The third-order valence-corrected chi connectivity index (χ3v) is 9.95. The third kappa shape index (κ3) is 5.13.